The molecule has 0 radical (unpaired) electrons. The van der Waals surface area contributed by atoms with E-state index in [1.54, 1.807) is 13.8 Å². The number of hydrogen-bond acceptors (Lipinski definition) is 8. The fourth-order valence-corrected chi connectivity index (χ4v) is 5.99. The Bertz CT molecular complexity index is 1210. The lowest BCUT2D eigenvalue weighted by atomic mass is 10.2. The molecule has 0 bridgehead atoms. The van der Waals surface area contributed by atoms with Crippen LogP contribution in [0, 0.1) is 0 Å². The predicted octanol–water partition coefficient (Wildman–Crippen LogP) is 3.23. The zero-order valence-corrected chi connectivity index (χ0v) is 21.2. The summed E-state index contributed by atoms with van der Waals surface area (Å²) in [7, 11) is -3.59. The van der Waals surface area contributed by atoms with Crippen LogP contribution in [0.15, 0.2) is 63.8 Å². The normalized spacial score (nSPS) is 11.4. The number of nitrogens with zero attached hydrogens (tertiary/aromatic N) is 3. The largest absolute Gasteiger partial charge is 0.351 e. The smallest absolute Gasteiger partial charge is 0.257 e. The second-order valence-electron chi connectivity index (χ2n) is 6.99. The molecular formula is C22H25N5O4S3. The van der Waals surface area contributed by atoms with Crippen molar-refractivity contribution in [1.29, 1.82) is 0 Å². The molecule has 0 saturated carbocycles. The van der Waals surface area contributed by atoms with Gasteiger partial charge in [0.2, 0.25) is 21.1 Å². The monoisotopic (exact) mass is 519 g/mol. The number of carbonyl (C=O) groups excluding carboxylic acids is 2. The summed E-state index contributed by atoms with van der Waals surface area (Å²) < 4.78 is 27.0. The molecule has 1 aromatic heterocycles. The molecule has 0 aliphatic carbocycles. The van der Waals surface area contributed by atoms with Gasteiger partial charge in [0.1, 0.15) is 0 Å². The van der Waals surface area contributed by atoms with Gasteiger partial charge in [-0.15, -0.1) is 10.2 Å². The van der Waals surface area contributed by atoms with Gasteiger partial charge in [-0.25, -0.2) is 8.42 Å². The number of carbonyl (C=O) groups is 2. The van der Waals surface area contributed by atoms with E-state index >= 15 is 0 Å². The molecule has 34 heavy (non-hydrogen) atoms. The van der Waals surface area contributed by atoms with Crippen molar-refractivity contribution in [3.8, 4) is 0 Å². The van der Waals surface area contributed by atoms with Gasteiger partial charge >= 0.3 is 0 Å². The molecule has 180 valence electrons. The molecular weight excluding hydrogens is 494 g/mol. The molecule has 9 nitrogen and oxygen atoms in total. The zero-order valence-electron chi connectivity index (χ0n) is 18.7. The maximum absolute atomic E-state index is 12.6. The highest BCUT2D eigenvalue weighted by Crippen LogP contribution is 2.26. The van der Waals surface area contributed by atoms with E-state index in [1.807, 2.05) is 30.3 Å². The number of rotatable bonds is 11. The van der Waals surface area contributed by atoms with Crippen molar-refractivity contribution in [2.45, 2.75) is 29.6 Å². The summed E-state index contributed by atoms with van der Waals surface area (Å²) in [5.41, 5.74) is 1.31. The quantitative estimate of drug-likeness (QED) is 0.295. The third-order valence-electron chi connectivity index (χ3n) is 4.75. The first-order chi connectivity index (χ1) is 16.3. The summed E-state index contributed by atoms with van der Waals surface area (Å²) in [5.74, 6) is -0.382. The van der Waals surface area contributed by atoms with Crippen LogP contribution in [0.2, 0.25) is 0 Å². The van der Waals surface area contributed by atoms with Gasteiger partial charge < -0.3 is 5.32 Å². The molecule has 0 atom stereocenters. The minimum Gasteiger partial charge on any atom is -0.351 e. The second-order valence-corrected chi connectivity index (χ2v) is 11.1. The van der Waals surface area contributed by atoms with Crippen molar-refractivity contribution in [1.82, 2.24) is 19.8 Å². The van der Waals surface area contributed by atoms with E-state index in [0.29, 0.717) is 29.5 Å². The van der Waals surface area contributed by atoms with Crippen molar-refractivity contribution >= 4 is 50.1 Å². The summed E-state index contributed by atoms with van der Waals surface area (Å²) in [5, 5.41) is 13.7. The molecule has 0 unspecified atom stereocenters. The first-order valence-corrected chi connectivity index (χ1v) is 13.8. The molecule has 3 rings (SSSR count). The molecule has 0 spiro atoms. The zero-order chi connectivity index (χ0) is 24.6. The standard InChI is InChI=1S/C22H25N5O4S3/c1-3-27(4-2)34(30,31)18-12-10-17(11-13-18)20(29)24-21-25-26-22(33-21)32-15-19(28)23-14-16-8-6-5-7-9-16/h5-13H,3-4,14-15H2,1-2H3,(H,23,28)(H,24,25,29). The SMILES string of the molecule is CCN(CC)S(=O)(=O)c1ccc(C(=O)Nc2nnc(SCC(=O)NCc3ccccc3)s2)cc1. The highest BCUT2D eigenvalue weighted by atomic mass is 32.2. The van der Waals surface area contributed by atoms with Crippen molar-refractivity contribution in [2.75, 3.05) is 24.2 Å². The Hall–Kier alpha value is -2.80. The van der Waals surface area contributed by atoms with Crippen LogP contribution in [0.3, 0.4) is 0 Å². The van der Waals surface area contributed by atoms with Gasteiger partial charge in [-0.3, -0.25) is 14.9 Å². The van der Waals surface area contributed by atoms with Crippen LogP contribution in [-0.4, -0.2) is 53.6 Å². The van der Waals surface area contributed by atoms with Gasteiger partial charge in [0, 0.05) is 25.2 Å². The Morgan fingerprint density at radius 1 is 1.00 bits per heavy atom. The molecule has 2 N–H and O–H groups in total. The number of nitrogens with one attached hydrogen (secondary N) is 2. The van der Waals surface area contributed by atoms with Gasteiger partial charge in [-0.1, -0.05) is 67.3 Å². The highest BCUT2D eigenvalue weighted by Gasteiger charge is 2.22. The van der Waals surface area contributed by atoms with E-state index in [2.05, 4.69) is 20.8 Å². The molecule has 2 aromatic carbocycles. The summed E-state index contributed by atoms with van der Waals surface area (Å²) >= 11 is 2.39. The summed E-state index contributed by atoms with van der Waals surface area (Å²) in [6, 6.07) is 15.4. The number of hydrogen-bond donors (Lipinski definition) is 2. The van der Waals surface area contributed by atoms with E-state index < -0.39 is 15.9 Å². The number of sulfonamides is 1. The lowest BCUT2D eigenvalue weighted by Crippen LogP contribution is -2.30. The van der Waals surface area contributed by atoms with Crippen LogP contribution in [0.25, 0.3) is 0 Å². The van der Waals surface area contributed by atoms with E-state index in [1.165, 1.54) is 40.3 Å². The fourth-order valence-electron chi connectivity index (χ4n) is 2.95. The van der Waals surface area contributed by atoms with E-state index in [0.717, 1.165) is 16.9 Å². The van der Waals surface area contributed by atoms with Crippen molar-refractivity contribution in [3.05, 3.63) is 65.7 Å². The Morgan fingerprint density at radius 3 is 2.32 bits per heavy atom. The van der Waals surface area contributed by atoms with Crippen molar-refractivity contribution in [3.63, 3.8) is 0 Å². The lowest BCUT2D eigenvalue weighted by Gasteiger charge is -2.18. The van der Waals surface area contributed by atoms with Gasteiger partial charge in [0.05, 0.1) is 10.6 Å². The van der Waals surface area contributed by atoms with Gasteiger partial charge in [-0.2, -0.15) is 4.31 Å². The Kier molecular flexibility index (Phi) is 9.16. The van der Waals surface area contributed by atoms with Crippen LogP contribution in [0.5, 0.6) is 0 Å². The van der Waals surface area contributed by atoms with E-state index in [9.17, 15) is 18.0 Å². The van der Waals surface area contributed by atoms with Gasteiger partial charge in [0.15, 0.2) is 4.34 Å². The van der Waals surface area contributed by atoms with Crippen molar-refractivity contribution in [2.24, 2.45) is 0 Å². The molecule has 0 fully saturated rings. The number of aromatic nitrogens is 2. The molecule has 3 aromatic rings. The molecule has 1 heterocycles. The molecule has 0 aliphatic rings. The van der Waals surface area contributed by atoms with E-state index in [-0.39, 0.29) is 21.7 Å². The molecule has 0 saturated heterocycles. The fraction of sp³-hybridized carbons (Fsp3) is 0.273. The highest BCUT2D eigenvalue weighted by molar-refractivity contribution is 8.01. The maximum Gasteiger partial charge on any atom is 0.257 e. The summed E-state index contributed by atoms with van der Waals surface area (Å²) in [6.07, 6.45) is 0. The Balaban J connectivity index is 1.51. The minimum absolute atomic E-state index is 0.130. The predicted molar refractivity (Wildman–Crippen MR) is 133 cm³/mol. The Morgan fingerprint density at radius 2 is 1.68 bits per heavy atom. The molecule has 0 aliphatic heterocycles. The lowest BCUT2D eigenvalue weighted by molar-refractivity contribution is -0.118. The number of benzene rings is 2. The molecule has 12 heteroatoms. The topological polar surface area (TPSA) is 121 Å². The Labute approximate surface area is 207 Å². The van der Waals surface area contributed by atoms with Crippen LogP contribution >= 0.6 is 23.1 Å². The minimum atomic E-state index is -3.59. The van der Waals surface area contributed by atoms with Crippen LogP contribution in [0.1, 0.15) is 29.8 Å². The van der Waals surface area contributed by atoms with Crippen molar-refractivity contribution < 1.29 is 18.0 Å². The summed E-state index contributed by atoms with van der Waals surface area (Å²) in [6.45, 7) is 4.73. The van der Waals surface area contributed by atoms with E-state index in [4.69, 9.17) is 0 Å². The molecule has 2 amide bonds. The first kappa shape index (κ1) is 25.8. The van der Waals surface area contributed by atoms with Gasteiger partial charge in [0.25, 0.3) is 5.91 Å². The number of amides is 2. The maximum atomic E-state index is 12.6. The summed E-state index contributed by atoms with van der Waals surface area (Å²) in [4.78, 5) is 24.7. The van der Waals surface area contributed by atoms with Crippen LogP contribution in [0.4, 0.5) is 5.13 Å². The number of thioether (sulfide) groups is 1. The van der Waals surface area contributed by atoms with Crippen LogP contribution < -0.4 is 10.6 Å². The third kappa shape index (κ3) is 6.86. The second kappa shape index (κ2) is 12.1. The third-order valence-corrected chi connectivity index (χ3v) is 8.78. The number of anilines is 1. The first-order valence-electron chi connectivity index (χ1n) is 10.5. The average Bonchev–Trinajstić information content (AvgIpc) is 3.30. The van der Waals surface area contributed by atoms with Gasteiger partial charge in [-0.05, 0) is 29.8 Å². The average molecular weight is 520 g/mol. The van der Waals surface area contributed by atoms with Crippen LogP contribution in [-0.2, 0) is 21.4 Å².